The summed E-state index contributed by atoms with van der Waals surface area (Å²) in [5.74, 6) is 0. The monoisotopic (exact) mass is 187 g/mol. The molecule has 1 nitrogen and oxygen atoms in total. The lowest BCUT2D eigenvalue weighted by molar-refractivity contribution is 0.765. The molecule has 11 heavy (non-hydrogen) atoms. The van der Waals surface area contributed by atoms with Crippen molar-refractivity contribution in [3.8, 4) is 0 Å². The molecule has 0 unspecified atom stereocenters. The Kier molecular flexibility index (Phi) is 1.80. The highest BCUT2D eigenvalue weighted by molar-refractivity contribution is 6.42. The zero-order chi connectivity index (χ0) is 7.84. The lowest BCUT2D eigenvalue weighted by Crippen LogP contribution is -2.00. The molecule has 0 bridgehead atoms. The van der Waals surface area contributed by atoms with Crippen molar-refractivity contribution in [3.63, 3.8) is 0 Å². The van der Waals surface area contributed by atoms with Gasteiger partial charge in [-0.05, 0) is 17.2 Å². The summed E-state index contributed by atoms with van der Waals surface area (Å²) in [5, 5.41) is 4.56. The molecule has 0 amide bonds. The lowest BCUT2D eigenvalue weighted by atomic mass is 10.1. The first-order valence-electron chi connectivity index (χ1n) is 3.45. The molecule has 0 radical (unpaired) electrons. The van der Waals surface area contributed by atoms with Gasteiger partial charge in [-0.15, -0.1) is 0 Å². The van der Waals surface area contributed by atoms with Gasteiger partial charge in [0.25, 0.3) is 0 Å². The van der Waals surface area contributed by atoms with E-state index in [-0.39, 0.29) is 0 Å². The molecule has 0 atom stereocenters. The van der Waals surface area contributed by atoms with Crippen LogP contribution in [0.2, 0.25) is 10.0 Å². The van der Waals surface area contributed by atoms with E-state index in [0.717, 1.165) is 18.7 Å². The molecule has 0 fully saturated rings. The molecule has 0 aromatic heterocycles. The topological polar surface area (TPSA) is 12.0 Å². The van der Waals surface area contributed by atoms with Crippen molar-refractivity contribution < 1.29 is 0 Å². The van der Waals surface area contributed by atoms with Crippen LogP contribution in [0.4, 0.5) is 0 Å². The zero-order valence-corrected chi connectivity index (χ0v) is 7.34. The second-order valence-electron chi connectivity index (χ2n) is 2.60. The molecule has 1 aromatic rings. The first-order valence-corrected chi connectivity index (χ1v) is 4.21. The van der Waals surface area contributed by atoms with E-state index in [4.69, 9.17) is 23.2 Å². The number of rotatable bonds is 0. The average molecular weight is 188 g/mol. The fourth-order valence-corrected chi connectivity index (χ4v) is 1.74. The van der Waals surface area contributed by atoms with Gasteiger partial charge in [0, 0.05) is 13.1 Å². The largest absolute Gasteiger partial charge is 0.309 e. The second-order valence-corrected chi connectivity index (χ2v) is 3.39. The Morgan fingerprint density at radius 3 is 2.82 bits per heavy atom. The second kappa shape index (κ2) is 2.67. The van der Waals surface area contributed by atoms with Gasteiger partial charge in [0.15, 0.2) is 0 Å². The van der Waals surface area contributed by atoms with Gasteiger partial charge in [-0.25, -0.2) is 0 Å². The molecule has 1 aromatic carbocycles. The van der Waals surface area contributed by atoms with Gasteiger partial charge in [0.2, 0.25) is 0 Å². The third-order valence-electron chi connectivity index (χ3n) is 1.91. The zero-order valence-electron chi connectivity index (χ0n) is 5.82. The maximum atomic E-state index is 5.97. The van der Waals surface area contributed by atoms with Crippen molar-refractivity contribution in [3.05, 3.63) is 33.3 Å². The van der Waals surface area contributed by atoms with Gasteiger partial charge in [-0.1, -0.05) is 29.3 Å². The molecule has 0 saturated carbocycles. The van der Waals surface area contributed by atoms with Gasteiger partial charge < -0.3 is 5.32 Å². The van der Waals surface area contributed by atoms with Crippen LogP contribution >= 0.6 is 23.2 Å². The summed E-state index contributed by atoms with van der Waals surface area (Å²) in [4.78, 5) is 0. The molecule has 1 N–H and O–H groups in total. The Labute approximate surface area is 75.3 Å². The highest BCUT2D eigenvalue weighted by Crippen LogP contribution is 2.30. The molecule has 1 aliphatic rings. The molecule has 0 saturated heterocycles. The standard InChI is InChI=1S/C8H7Cl2N/c9-7-2-1-5-3-11-4-6(5)8(7)10/h1-2,11H,3-4H2. The van der Waals surface area contributed by atoms with E-state index in [0.29, 0.717) is 10.0 Å². The fraction of sp³-hybridized carbons (Fsp3) is 0.250. The third-order valence-corrected chi connectivity index (χ3v) is 2.75. The maximum absolute atomic E-state index is 5.97. The van der Waals surface area contributed by atoms with Crippen molar-refractivity contribution in [2.45, 2.75) is 13.1 Å². The number of hydrogen-bond donors (Lipinski definition) is 1. The van der Waals surface area contributed by atoms with Crippen LogP contribution in [0, 0.1) is 0 Å². The van der Waals surface area contributed by atoms with Crippen LogP contribution < -0.4 is 5.32 Å². The summed E-state index contributed by atoms with van der Waals surface area (Å²) in [5.41, 5.74) is 2.42. The summed E-state index contributed by atoms with van der Waals surface area (Å²) in [7, 11) is 0. The van der Waals surface area contributed by atoms with E-state index in [9.17, 15) is 0 Å². The fourth-order valence-electron chi connectivity index (χ4n) is 1.31. The quantitative estimate of drug-likeness (QED) is 0.659. The molecule has 2 rings (SSSR count). The average Bonchev–Trinajstić information content (AvgIpc) is 2.45. The summed E-state index contributed by atoms with van der Waals surface area (Å²) in [6, 6.07) is 3.86. The predicted molar refractivity (Wildman–Crippen MR) is 47.0 cm³/mol. The van der Waals surface area contributed by atoms with Crippen LogP contribution in [-0.2, 0) is 13.1 Å². The number of halogens is 2. The van der Waals surface area contributed by atoms with E-state index in [1.807, 2.05) is 12.1 Å². The Balaban J connectivity index is 2.62. The van der Waals surface area contributed by atoms with Gasteiger partial charge >= 0.3 is 0 Å². The van der Waals surface area contributed by atoms with E-state index in [1.54, 1.807) is 0 Å². The first-order chi connectivity index (χ1) is 5.29. The molecular formula is C8H7Cl2N. The molecule has 0 spiro atoms. The summed E-state index contributed by atoms with van der Waals surface area (Å²) < 4.78 is 0. The molecule has 3 heteroatoms. The van der Waals surface area contributed by atoms with Crippen molar-refractivity contribution in [1.82, 2.24) is 5.32 Å². The van der Waals surface area contributed by atoms with E-state index in [1.165, 1.54) is 5.56 Å². The molecule has 1 aliphatic heterocycles. The minimum absolute atomic E-state index is 0.647. The molecular weight excluding hydrogens is 181 g/mol. The van der Waals surface area contributed by atoms with Crippen LogP contribution in [0.5, 0.6) is 0 Å². The number of fused-ring (bicyclic) bond motifs is 1. The maximum Gasteiger partial charge on any atom is 0.0640 e. The van der Waals surface area contributed by atoms with Gasteiger partial charge in [0.1, 0.15) is 0 Å². The van der Waals surface area contributed by atoms with Gasteiger partial charge in [-0.3, -0.25) is 0 Å². The molecule has 1 heterocycles. The Hall–Kier alpha value is -0.240. The van der Waals surface area contributed by atoms with Crippen LogP contribution in [0.3, 0.4) is 0 Å². The molecule has 58 valence electrons. The third kappa shape index (κ3) is 1.13. The SMILES string of the molecule is Clc1ccc2c(c1Cl)CNC2. The minimum atomic E-state index is 0.647. The Morgan fingerprint density at radius 1 is 1.18 bits per heavy atom. The van der Waals surface area contributed by atoms with Crippen LogP contribution in [0.25, 0.3) is 0 Å². The lowest BCUT2D eigenvalue weighted by Gasteiger charge is -2.01. The smallest absolute Gasteiger partial charge is 0.0640 e. The van der Waals surface area contributed by atoms with Crippen LogP contribution in [0.15, 0.2) is 12.1 Å². The Morgan fingerprint density at radius 2 is 2.00 bits per heavy atom. The predicted octanol–water partition coefficient (Wildman–Crippen LogP) is 2.60. The highest BCUT2D eigenvalue weighted by Gasteiger charge is 2.14. The molecule has 0 aliphatic carbocycles. The number of benzene rings is 1. The summed E-state index contributed by atoms with van der Waals surface area (Å²) in [6.07, 6.45) is 0. The summed E-state index contributed by atoms with van der Waals surface area (Å²) >= 11 is 11.8. The normalized spacial score (nSPS) is 15.1. The number of nitrogens with one attached hydrogen (secondary N) is 1. The van der Waals surface area contributed by atoms with Gasteiger partial charge in [-0.2, -0.15) is 0 Å². The van der Waals surface area contributed by atoms with Crippen molar-refractivity contribution in [1.29, 1.82) is 0 Å². The highest BCUT2D eigenvalue weighted by atomic mass is 35.5. The van der Waals surface area contributed by atoms with Crippen molar-refractivity contribution in [2.24, 2.45) is 0 Å². The first kappa shape index (κ1) is 7.41. The van der Waals surface area contributed by atoms with Crippen LogP contribution in [-0.4, -0.2) is 0 Å². The van der Waals surface area contributed by atoms with Crippen LogP contribution in [0.1, 0.15) is 11.1 Å². The van der Waals surface area contributed by atoms with Crippen molar-refractivity contribution in [2.75, 3.05) is 0 Å². The Bertz CT molecular complexity index is 296. The van der Waals surface area contributed by atoms with Crippen molar-refractivity contribution >= 4 is 23.2 Å². The van der Waals surface area contributed by atoms with E-state index >= 15 is 0 Å². The van der Waals surface area contributed by atoms with E-state index < -0.39 is 0 Å². The minimum Gasteiger partial charge on any atom is -0.309 e. The van der Waals surface area contributed by atoms with E-state index in [2.05, 4.69) is 5.32 Å². The van der Waals surface area contributed by atoms with Gasteiger partial charge in [0.05, 0.1) is 10.0 Å². The summed E-state index contributed by atoms with van der Waals surface area (Å²) in [6.45, 7) is 1.75. The number of hydrogen-bond acceptors (Lipinski definition) is 1.